The summed E-state index contributed by atoms with van der Waals surface area (Å²) in [7, 11) is 0. The second-order valence-corrected chi connectivity index (χ2v) is 6.23. The van der Waals surface area contributed by atoms with Crippen LogP contribution < -0.4 is 4.90 Å². The summed E-state index contributed by atoms with van der Waals surface area (Å²) >= 11 is 0. The second-order valence-electron chi connectivity index (χ2n) is 6.23. The van der Waals surface area contributed by atoms with Gasteiger partial charge in [-0.1, -0.05) is 6.07 Å². The first kappa shape index (κ1) is 14.4. The molecule has 4 heteroatoms. The molecular weight excluding hydrogens is 267 g/mol. The Morgan fingerprint density at radius 3 is 2.43 bits per heavy atom. The molecule has 1 amide bonds. The maximum absolute atomic E-state index is 13.7. The van der Waals surface area contributed by atoms with Crippen molar-refractivity contribution in [3.8, 4) is 0 Å². The third kappa shape index (κ3) is 3.04. The lowest BCUT2D eigenvalue weighted by atomic mass is 9.95. The zero-order valence-corrected chi connectivity index (χ0v) is 12.6. The zero-order chi connectivity index (χ0) is 14.8. The monoisotopic (exact) mass is 290 g/mol. The number of nitrogens with zero attached hydrogens (tertiary/aromatic N) is 2. The first-order valence-electron chi connectivity index (χ1n) is 7.95. The molecule has 1 aromatic rings. The van der Waals surface area contributed by atoms with Gasteiger partial charge in [-0.15, -0.1) is 0 Å². The number of rotatable bonds is 2. The van der Waals surface area contributed by atoms with Gasteiger partial charge in [0.1, 0.15) is 5.82 Å². The van der Waals surface area contributed by atoms with E-state index in [-0.39, 0.29) is 11.7 Å². The molecule has 2 saturated heterocycles. The summed E-state index contributed by atoms with van der Waals surface area (Å²) in [5.74, 6) is 0.347. The molecule has 3 nitrogen and oxygen atoms in total. The molecule has 2 aliphatic heterocycles. The van der Waals surface area contributed by atoms with Gasteiger partial charge in [0.15, 0.2) is 0 Å². The highest BCUT2D eigenvalue weighted by molar-refractivity contribution is 5.79. The molecular formula is C17H23FN2O. The second kappa shape index (κ2) is 6.04. The number of carbonyl (C=O) groups is 1. The molecule has 0 unspecified atom stereocenters. The van der Waals surface area contributed by atoms with Crippen molar-refractivity contribution in [1.29, 1.82) is 0 Å². The van der Waals surface area contributed by atoms with Gasteiger partial charge in [0.05, 0.1) is 0 Å². The van der Waals surface area contributed by atoms with Crippen molar-refractivity contribution in [2.24, 2.45) is 5.92 Å². The zero-order valence-electron chi connectivity index (χ0n) is 12.6. The topological polar surface area (TPSA) is 23.6 Å². The molecule has 1 aromatic carbocycles. The summed E-state index contributed by atoms with van der Waals surface area (Å²) in [6.07, 6.45) is 4.05. The summed E-state index contributed by atoms with van der Waals surface area (Å²) in [4.78, 5) is 16.6. The van der Waals surface area contributed by atoms with Crippen molar-refractivity contribution in [3.05, 3.63) is 29.6 Å². The van der Waals surface area contributed by atoms with Crippen LogP contribution in [0.2, 0.25) is 0 Å². The van der Waals surface area contributed by atoms with E-state index in [1.807, 2.05) is 17.0 Å². The Bertz CT molecular complexity index is 518. The first-order valence-corrected chi connectivity index (χ1v) is 7.95. The Morgan fingerprint density at radius 1 is 1.14 bits per heavy atom. The molecule has 3 rings (SSSR count). The van der Waals surface area contributed by atoms with Gasteiger partial charge in [-0.3, -0.25) is 4.79 Å². The van der Waals surface area contributed by atoms with Crippen molar-refractivity contribution in [2.75, 3.05) is 31.1 Å². The Kier molecular flexibility index (Phi) is 4.13. The number of piperidine rings is 1. The largest absolute Gasteiger partial charge is 0.371 e. The minimum atomic E-state index is -0.150. The van der Waals surface area contributed by atoms with E-state index in [1.165, 1.54) is 0 Å². The molecule has 0 N–H and O–H groups in total. The van der Waals surface area contributed by atoms with E-state index in [4.69, 9.17) is 0 Å². The predicted molar refractivity (Wildman–Crippen MR) is 81.9 cm³/mol. The Labute approximate surface area is 125 Å². The number of amides is 1. The number of hydrogen-bond acceptors (Lipinski definition) is 2. The van der Waals surface area contributed by atoms with Gasteiger partial charge in [-0.05, 0) is 50.3 Å². The quantitative estimate of drug-likeness (QED) is 0.836. The number of hydrogen-bond donors (Lipinski definition) is 0. The van der Waals surface area contributed by atoms with E-state index >= 15 is 0 Å². The highest BCUT2D eigenvalue weighted by Gasteiger charge is 2.29. The van der Waals surface area contributed by atoms with Crippen LogP contribution in [0.15, 0.2) is 18.2 Å². The van der Waals surface area contributed by atoms with Crippen LogP contribution in [0.3, 0.4) is 0 Å². The Morgan fingerprint density at radius 2 is 1.81 bits per heavy atom. The van der Waals surface area contributed by atoms with Crippen molar-refractivity contribution < 1.29 is 9.18 Å². The van der Waals surface area contributed by atoms with Gasteiger partial charge >= 0.3 is 0 Å². The summed E-state index contributed by atoms with van der Waals surface area (Å²) in [5, 5.41) is 0. The molecule has 2 heterocycles. The molecule has 0 saturated carbocycles. The lowest BCUT2D eigenvalue weighted by molar-refractivity contribution is -0.135. The number of carbonyl (C=O) groups excluding carboxylic acids is 1. The van der Waals surface area contributed by atoms with Crippen molar-refractivity contribution in [2.45, 2.75) is 32.6 Å². The van der Waals surface area contributed by atoms with E-state index in [0.29, 0.717) is 11.5 Å². The molecule has 2 fully saturated rings. The SMILES string of the molecule is Cc1ccc(N2CCC(C(=O)N3CCCC3)CC2)cc1F. The van der Waals surface area contributed by atoms with Crippen LogP contribution in [-0.2, 0) is 4.79 Å². The molecule has 2 aliphatic rings. The molecule has 114 valence electrons. The van der Waals surface area contributed by atoms with Gasteiger partial charge in [0.2, 0.25) is 5.91 Å². The van der Waals surface area contributed by atoms with Crippen LogP contribution in [0, 0.1) is 18.7 Å². The maximum Gasteiger partial charge on any atom is 0.225 e. The average molecular weight is 290 g/mol. The van der Waals surface area contributed by atoms with Gasteiger partial charge in [-0.25, -0.2) is 4.39 Å². The number of aryl methyl sites for hydroxylation is 1. The standard InChI is InChI=1S/C17H23FN2O/c1-13-4-5-15(12-16(13)18)19-10-6-14(7-11-19)17(21)20-8-2-3-9-20/h4-5,12,14H,2-3,6-11H2,1H3. The first-order chi connectivity index (χ1) is 10.1. The predicted octanol–water partition coefficient (Wildman–Crippen LogP) is 2.97. The number of halogens is 1. The van der Waals surface area contributed by atoms with Crippen LogP contribution in [0.5, 0.6) is 0 Å². The summed E-state index contributed by atoms with van der Waals surface area (Å²) in [6.45, 7) is 5.32. The van der Waals surface area contributed by atoms with Crippen LogP contribution in [0.1, 0.15) is 31.2 Å². The van der Waals surface area contributed by atoms with E-state index < -0.39 is 0 Å². The molecule has 21 heavy (non-hydrogen) atoms. The molecule has 0 aliphatic carbocycles. The lowest BCUT2D eigenvalue weighted by Gasteiger charge is -2.34. The number of likely N-dealkylation sites (tertiary alicyclic amines) is 1. The molecule has 0 aromatic heterocycles. The molecule has 0 atom stereocenters. The van der Waals surface area contributed by atoms with E-state index in [2.05, 4.69) is 4.90 Å². The smallest absolute Gasteiger partial charge is 0.225 e. The fraction of sp³-hybridized carbons (Fsp3) is 0.588. The minimum Gasteiger partial charge on any atom is -0.371 e. The van der Waals surface area contributed by atoms with E-state index in [9.17, 15) is 9.18 Å². The van der Waals surface area contributed by atoms with Gasteiger partial charge in [-0.2, -0.15) is 0 Å². The van der Waals surface area contributed by atoms with E-state index in [1.54, 1.807) is 13.0 Å². The third-order valence-corrected chi connectivity index (χ3v) is 4.78. The molecule has 0 bridgehead atoms. The summed E-state index contributed by atoms with van der Waals surface area (Å²) in [6, 6.07) is 5.41. The third-order valence-electron chi connectivity index (χ3n) is 4.78. The maximum atomic E-state index is 13.7. The molecule has 0 radical (unpaired) electrons. The Balaban J connectivity index is 1.59. The minimum absolute atomic E-state index is 0.150. The molecule has 0 spiro atoms. The van der Waals surface area contributed by atoms with Crippen molar-refractivity contribution in [1.82, 2.24) is 4.90 Å². The van der Waals surface area contributed by atoms with Crippen LogP contribution in [-0.4, -0.2) is 37.0 Å². The highest BCUT2D eigenvalue weighted by Crippen LogP contribution is 2.26. The van der Waals surface area contributed by atoms with Crippen LogP contribution >= 0.6 is 0 Å². The van der Waals surface area contributed by atoms with Gasteiger partial charge in [0, 0.05) is 37.8 Å². The van der Waals surface area contributed by atoms with Crippen LogP contribution in [0.4, 0.5) is 10.1 Å². The van der Waals surface area contributed by atoms with Crippen LogP contribution in [0.25, 0.3) is 0 Å². The number of anilines is 1. The van der Waals surface area contributed by atoms with Crippen molar-refractivity contribution in [3.63, 3.8) is 0 Å². The summed E-state index contributed by atoms with van der Waals surface area (Å²) in [5.41, 5.74) is 1.61. The summed E-state index contributed by atoms with van der Waals surface area (Å²) < 4.78 is 13.7. The normalized spacial score (nSPS) is 20.1. The highest BCUT2D eigenvalue weighted by atomic mass is 19.1. The van der Waals surface area contributed by atoms with Crippen molar-refractivity contribution >= 4 is 11.6 Å². The van der Waals surface area contributed by atoms with E-state index in [0.717, 1.165) is 57.5 Å². The average Bonchev–Trinajstić information content (AvgIpc) is 3.04. The van der Waals surface area contributed by atoms with Gasteiger partial charge in [0.25, 0.3) is 0 Å². The number of benzene rings is 1. The Hall–Kier alpha value is -1.58. The fourth-order valence-electron chi connectivity index (χ4n) is 3.36. The fourth-order valence-corrected chi connectivity index (χ4v) is 3.36. The lowest BCUT2D eigenvalue weighted by Crippen LogP contribution is -2.41. The van der Waals surface area contributed by atoms with Gasteiger partial charge < -0.3 is 9.80 Å².